The summed E-state index contributed by atoms with van der Waals surface area (Å²) in [4.78, 5) is 0. The van der Waals surface area contributed by atoms with Crippen molar-refractivity contribution in [2.24, 2.45) is 5.73 Å². The second-order valence-corrected chi connectivity index (χ2v) is 4.33. The van der Waals surface area contributed by atoms with Crippen LogP contribution < -0.4 is 10.5 Å². The van der Waals surface area contributed by atoms with Crippen LogP contribution in [0, 0.1) is 0 Å². The Balaban J connectivity index is 1.93. The van der Waals surface area contributed by atoms with Gasteiger partial charge in [0.1, 0.15) is 11.5 Å². The molecule has 0 aliphatic carbocycles. The molecule has 2 rings (SSSR count). The summed E-state index contributed by atoms with van der Waals surface area (Å²) in [5.74, 6) is 1.84. The first-order chi connectivity index (χ1) is 8.78. The van der Waals surface area contributed by atoms with Crippen LogP contribution in [-0.4, -0.2) is 12.6 Å². The van der Waals surface area contributed by atoms with Crippen LogP contribution in [0.1, 0.15) is 18.2 Å². The van der Waals surface area contributed by atoms with Crippen LogP contribution in [0.3, 0.4) is 0 Å². The third-order valence-corrected chi connectivity index (χ3v) is 2.75. The SMILES string of the molecule is CCOc1cccc(CC(N)Cc2ccco2)c1. The highest BCUT2D eigenvalue weighted by Gasteiger charge is 2.08. The van der Waals surface area contributed by atoms with Crippen molar-refractivity contribution in [2.45, 2.75) is 25.8 Å². The molecule has 0 bridgehead atoms. The standard InChI is InChI=1S/C15H19NO2/c1-2-17-14-6-3-5-12(10-14)9-13(16)11-15-7-4-8-18-15/h3-8,10,13H,2,9,11,16H2,1H3. The summed E-state index contributed by atoms with van der Waals surface area (Å²) < 4.78 is 10.8. The van der Waals surface area contributed by atoms with Crippen molar-refractivity contribution in [1.29, 1.82) is 0 Å². The molecule has 1 unspecified atom stereocenters. The summed E-state index contributed by atoms with van der Waals surface area (Å²) in [5.41, 5.74) is 7.31. The van der Waals surface area contributed by atoms with E-state index in [1.54, 1.807) is 6.26 Å². The Labute approximate surface area is 108 Å². The molecule has 1 atom stereocenters. The molecule has 1 aromatic heterocycles. The van der Waals surface area contributed by atoms with Gasteiger partial charge in [-0.15, -0.1) is 0 Å². The highest BCUT2D eigenvalue weighted by atomic mass is 16.5. The lowest BCUT2D eigenvalue weighted by Gasteiger charge is -2.11. The Morgan fingerprint density at radius 3 is 2.83 bits per heavy atom. The summed E-state index contributed by atoms with van der Waals surface area (Å²) in [6, 6.07) is 12.0. The van der Waals surface area contributed by atoms with Gasteiger partial charge in [0, 0.05) is 12.5 Å². The molecule has 2 aromatic rings. The van der Waals surface area contributed by atoms with Gasteiger partial charge in [-0.1, -0.05) is 12.1 Å². The molecule has 2 N–H and O–H groups in total. The average molecular weight is 245 g/mol. The van der Waals surface area contributed by atoms with Gasteiger partial charge in [-0.3, -0.25) is 0 Å². The van der Waals surface area contributed by atoms with Crippen LogP contribution in [-0.2, 0) is 12.8 Å². The summed E-state index contributed by atoms with van der Waals surface area (Å²) in [6.07, 6.45) is 3.26. The van der Waals surface area contributed by atoms with E-state index in [4.69, 9.17) is 14.9 Å². The van der Waals surface area contributed by atoms with Crippen molar-refractivity contribution in [3.8, 4) is 5.75 Å². The van der Waals surface area contributed by atoms with Gasteiger partial charge in [-0.2, -0.15) is 0 Å². The molecule has 0 amide bonds. The van der Waals surface area contributed by atoms with Gasteiger partial charge in [0.25, 0.3) is 0 Å². The Hall–Kier alpha value is -1.74. The van der Waals surface area contributed by atoms with E-state index in [0.29, 0.717) is 6.61 Å². The number of benzene rings is 1. The minimum absolute atomic E-state index is 0.0630. The maximum absolute atomic E-state index is 6.12. The second kappa shape index (κ2) is 6.26. The van der Waals surface area contributed by atoms with Gasteiger partial charge in [-0.25, -0.2) is 0 Å². The van der Waals surface area contributed by atoms with Gasteiger partial charge in [0.05, 0.1) is 12.9 Å². The Bertz CT molecular complexity index is 465. The monoisotopic (exact) mass is 245 g/mol. The Kier molecular flexibility index (Phi) is 4.42. The van der Waals surface area contributed by atoms with Crippen LogP contribution in [0.25, 0.3) is 0 Å². The molecule has 3 heteroatoms. The lowest BCUT2D eigenvalue weighted by atomic mass is 10.0. The van der Waals surface area contributed by atoms with Crippen molar-refractivity contribution >= 4 is 0 Å². The van der Waals surface area contributed by atoms with Crippen molar-refractivity contribution < 1.29 is 9.15 Å². The minimum atomic E-state index is 0.0630. The van der Waals surface area contributed by atoms with Crippen LogP contribution >= 0.6 is 0 Å². The fraction of sp³-hybridized carbons (Fsp3) is 0.333. The number of rotatable bonds is 6. The van der Waals surface area contributed by atoms with Gasteiger partial charge in [0.2, 0.25) is 0 Å². The smallest absolute Gasteiger partial charge is 0.119 e. The minimum Gasteiger partial charge on any atom is -0.494 e. The Morgan fingerprint density at radius 1 is 1.22 bits per heavy atom. The van der Waals surface area contributed by atoms with Crippen LogP contribution in [0.2, 0.25) is 0 Å². The molecule has 0 saturated heterocycles. The van der Waals surface area contributed by atoms with E-state index in [9.17, 15) is 0 Å². The number of hydrogen-bond acceptors (Lipinski definition) is 3. The molecule has 0 radical (unpaired) electrons. The first-order valence-corrected chi connectivity index (χ1v) is 6.27. The topological polar surface area (TPSA) is 48.4 Å². The highest BCUT2D eigenvalue weighted by Crippen LogP contribution is 2.15. The van der Waals surface area contributed by atoms with Gasteiger partial charge < -0.3 is 14.9 Å². The molecule has 0 saturated carbocycles. The van der Waals surface area contributed by atoms with E-state index in [1.165, 1.54) is 5.56 Å². The summed E-state index contributed by atoms with van der Waals surface area (Å²) in [7, 11) is 0. The normalized spacial score (nSPS) is 12.3. The maximum atomic E-state index is 6.12. The zero-order chi connectivity index (χ0) is 12.8. The predicted molar refractivity (Wildman–Crippen MR) is 71.7 cm³/mol. The average Bonchev–Trinajstić information content (AvgIpc) is 2.82. The van der Waals surface area contributed by atoms with Crippen molar-refractivity contribution in [1.82, 2.24) is 0 Å². The van der Waals surface area contributed by atoms with Crippen molar-refractivity contribution in [3.05, 3.63) is 54.0 Å². The van der Waals surface area contributed by atoms with E-state index in [-0.39, 0.29) is 6.04 Å². The van der Waals surface area contributed by atoms with Gasteiger partial charge in [-0.05, 0) is 43.2 Å². The fourth-order valence-corrected chi connectivity index (χ4v) is 1.99. The van der Waals surface area contributed by atoms with Crippen LogP contribution in [0.4, 0.5) is 0 Å². The second-order valence-electron chi connectivity index (χ2n) is 4.33. The third kappa shape index (κ3) is 3.64. The number of hydrogen-bond donors (Lipinski definition) is 1. The van der Waals surface area contributed by atoms with Crippen molar-refractivity contribution in [3.63, 3.8) is 0 Å². The molecule has 1 heterocycles. The zero-order valence-electron chi connectivity index (χ0n) is 10.6. The highest BCUT2D eigenvalue weighted by molar-refractivity contribution is 5.29. The van der Waals surface area contributed by atoms with Crippen LogP contribution in [0.5, 0.6) is 5.75 Å². The first kappa shape index (κ1) is 12.7. The lowest BCUT2D eigenvalue weighted by molar-refractivity contribution is 0.340. The molecule has 0 aliphatic heterocycles. The lowest BCUT2D eigenvalue weighted by Crippen LogP contribution is -2.25. The molecule has 3 nitrogen and oxygen atoms in total. The number of nitrogens with two attached hydrogens (primary N) is 1. The van der Waals surface area contributed by atoms with Crippen LogP contribution in [0.15, 0.2) is 47.1 Å². The van der Waals surface area contributed by atoms with E-state index in [2.05, 4.69) is 6.07 Å². The largest absolute Gasteiger partial charge is 0.494 e. The van der Waals surface area contributed by atoms with E-state index < -0.39 is 0 Å². The number of furan rings is 1. The van der Waals surface area contributed by atoms with Crippen molar-refractivity contribution in [2.75, 3.05) is 6.61 Å². The summed E-state index contributed by atoms with van der Waals surface area (Å²) >= 11 is 0. The van der Waals surface area contributed by atoms with Gasteiger partial charge >= 0.3 is 0 Å². The first-order valence-electron chi connectivity index (χ1n) is 6.27. The summed E-state index contributed by atoms with van der Waals surface area (Å²) in [5, 5.41) is 0. The molecule has 18 heavy (non-hydrogen) atoms. The molecular weight excluding hydrogens is 226 g/mol. The third-order valence-electron chi connectivity index (χ3n) is 2.75. The maximum Gasteiger partial charge on any atom is 0.119 e. The molecule has 1 aromatic carbocycles. The zero-order valence-corrected chi connectivity index (χ0v) is 10.6. The van der Waals surface area contributed by atoms with Gasteiger partial charge in [0.15, 0.2) is 0 Å². The fourth-order valence-electron chi connectivity index (χ4n) is 1.99. The van der Waals surface area contributed by atoms with E-state index >= 15 is 0 Å². The molecule has 0 aliphatic rings. The summed E-state index contributed by atoms with van der Waals surface area (Å²) in [6.45, 7) is 2.66. The molecule has 96 valence electrons. The molecule has 0 fully saturated rings. The Morgan fingerprint density at radius 2 is 2.11 bits per heavy atom. The number of ether oxygens (including phenoxy) is 1. The predicted octanol–water partition coefficient (Wildman–Crippen LogP) is 2.79. The molecule has 0 spiro atoms. The van der Waals surface area contributed by atoms with E-state index in [1.807, 2.05) is 37.3 Å². The van der Waals surface area contributed by atoms with E-state index in [0.717, 1.165) is 24.4 Å². The quantitative estimate of drug-likeness (QED) is 0.851. The molecular formula is C15H19NO2.